The molecule has 5 heteroatoms. The van der Waals surface area contributed by atoms with Gasteiger partial charge in [0.15, 0.2) is 5.76 Å². The molecule has 0 spiro atoms. The molecule has 28 heavy (non-hydrogen) atoms. The van der Waals surface area contributed by atoms with Gasteiger partial charge in [-0.05, 0) is 44.4 Å². The van der Waals surface area contributed by atoms with Crippen LogP contribution >= 0.6 is 0 Å². The quantitative estimate of drug-likeness (QED) is 0.511. The van der Waals surface area contributed by atoms with Gasteiger partial charge < -0.3 is 14.6 Å². The summed E-state index contributed by atoms with van der Waals surface area (Å²) in [5.74, 6) is 1.46. The number of rotatable bonds is 10. The highest BCUT2D eigenvalue weighted by Crippen LogP contribution is 2.20. The third-order valence-corrected chi connectivity index (χ3v) is 4.42. The first-order valence-corrected chi connectivity index (χ1v) is 9.78. The van der Waals surface area contributed by atoms with E-state index in [0.29, 0.717) is 18.7 Å². The van der Waals surface area contributed by atoms with Crippen molar-refractivity contribution in [3.8, 4) is 17.1 Å². The molecule has 0 unspecified atom stereocenters. The molecule has 0 bridgehead atoms. The van der Waals surface area contributed by atoms with E-state index in [1.807, 2.05) is 55.5 Å². The predicted molar refractivity (Wildman–Crippen MR) is 109 cm³/mol. The number of unbranched alkanes of at least 4 members (excludes halogenated alkanes) is 2. The maximum absolute atomic E-state index is 12.2. The standard InChI is InChI=1S/C23H26N2O3/c1-2-27-21-14-9-12-19(16-21)23(26)24-15-8-4-7-13-20-17-22(28-25-20)18-10-5-3-6-11-18/h3,5-6,9-12,14,16-17H,2,4,7-8,13,15H2,1H3,(H,24,26). The maximum Gasteiger partial charge on any atom is 0.251 e. The van der Waals surface area contributed by atoms with Crippen LogP contribution in [0, 0.1) is 0 Å². The number of benzene rings is 2. The Kier molecular flexibility index (Phi) is 7.24. The normalized spacial score (nSPS) is 10.6. The lowest BCUT2D eigenvalue weighted by molar-refractivity contribution is 0.0952. The van der Waals surface area contributed by atoms with Crippen molar-refractivity contribution in [3.05, 3.63) is 71.9 Å². The van der Waals surface area contributed by atoms with Gasteiger partial charge in [0.05, 0.1) is 12.3 Å². The lowest BCUT2D eigenvalue weighted by Crippen LogP contribution is -2.24. The molecule has 146 valence electrons. The highest BCUT2D eigenvalue weighted by atomic mass is 16.5. The number of aromatic nitrogens is 1. The molecular formula is C23H26N2O3. The number of amides is 1. The molecule has 0 aliphatic carbocycles. The van der Waals surface area contributed by atoms with Gasteiger partial charge in [0.1, 0.15) is 5.75 Å². The van der Waals surface area contributed by atoms with Gasteiger partial charge in [-0.1, -0.05) is 48.0 Å². The summed E-state index contributed by atoms with van der Waals surface area (Å²) in [7, 11) is 0. The molecule has 0 aliphatic rings. The molecule has 5 nitrogen and oxygen atoms in total. The zero-order valence-corrected chi connectivity index (χ0v) is 16.2. The molecule has 1 heterocycles. The van der Waals surface area contributed by atoms with Crippen LogP contribution in [0.25, 0.3) is 11.3 Å². The number of nitrogens with zero attached hydrogens (tertiary/aromatic N) is 1. The Morgan fingerprint density at radius 3 is 2.71 bits per heavy atom. The van der Waals surface area contributed by atoms with E-state index < -0.39 is 0 Å². The van der Waals surface area contributed by atoms with E-state index in [9.17, 15) is 4.79 Å². The highest BCUT2D eigenvalue weighted by molar-refractivity contribution is 5.94. The minimum absolute atomic E-state index is 0.0643. The SMILES string of the molecule is CCOc1cccc(C(=O)NCCCCCc2cc(-c3ccccc3)on2)c1. The second-order valence-electron chi connectivity index (χ2n) is 6.58. The van der Waals surface area contributed by atoms with Crippen molar-refractivity contribution in [2.75, 3.05) is 13.2 Å². The summed E-state index contributed by atoms with van der Waals surface area (Å²) >= 11 is 0. The zero-order valence-electron chi connectivity index (χ0n) is 16.2. The third kappa shape index (κ3) is 5.71. The van der Waals surface area contributed by atoms with Crippen molar-refractivity contribution >= 4 is 5.91 Å². The molecule has 0 aliphatic heterocycles. The average Bonchev–Trinajstić information content (AvgIpc) is 3.20. The van der Waals surface area contributed by atoms with Crippen LogP contribution in [0.1, 0.15) is 42.2 Å². The van der Waals surface area contributed by atoms with Crippen molar-refractivity contribution in [2.45, 2.75) is 32.6 Å². The summed E-state index contributed by atoms with van der Waals surface area (Å²) in [5.41, 5.74) is 2.63. The van der Waals surface area contributed by atoms with Crippen molar-refractivity contribution in [3.63, 3.8) is 0 Å². The number of carbonyl (C=O) groups excluding carboxylic acids is 1. The lowest BCUT2D eigenvalue weighted by atomic mass is 10.1. The molecule has 0 fully saturated rings. The minimum Gasteiger partial charge on any atom is -0.494 e. The van der Waals surface area contributed by atoms with Crippen LogP contribution in [0.3, 0.4) is 0 Å². The first-order valence-electron chi connectivity index (χ1n) is 9.78. The zero-order chi connectivity index (χ0) is 19.6. The Balaban J connectivity index is 1.35. The minimum atomic E-state index is -0.0643. The van der Waals surface area contributed by atoms with Crippen LogP contribution in [0.4, 0.5) is 0 Å². The summed E-state index contributed by atoms with van der Waals surface area (Å²) in [6.07, 6.45) is 3.84. The van der Waals surface area contributed by atoms with Crippen LogP contribution in [-0.2, 0) is 6.42 Å². The fourth-order valence-electron chi connectivity index (χ4n) is 2.97. The number of ether oxygens (including phenoxy) is 1. The van der Waals surface area contributed by atoms with Gasteiger partial charge in [-0.15, -0.1) is 0 Å². The molecular weight excluding hydrogens is 352 g/mol. The highest BCUT2D eigenvalue weighted by Gasteiger charge is 2.07. The van der Waals surface area contributed by atoms with Gasteiger partial charge >= 0.3 is 0 Å². The van der Waals surface area contributed by atoms with Gasteiger partial charge in [-0.2, -0.15) is 0 Å². The van der Waals surface area contributed by atoms with E-state index in [-0.39, 0.29) is 5.91 Å². The summed E-state index contributed by atoms with van der Waals surface area (Å²) in [5, 5.41) is 7.11. The van der Waals surface area contributed by atoms with E-state index in [1.54, 1.807) is 12.1 Å². The van der Waals surface area contributed by atoms with Crippen molar-refractivity contribution in [1.82, 2.24) is 10.5 Å². The summed E-state index contributed by atoms with van der Waals surface area (Å²) in [4.78, 5) is 12.2. The molecule has 0 saturated heterocycles. The summed E-state index contributed by atoms with van der Waals surface area (Å²) in [6.45, 7) is 3.17. The molecule has 0 saturated carbocycles. The largest absolute Gasteiger partial charge is 0.494 e. The Hall–Kier alpha value is -3.08. The van der Waals surface area contributed by atoms with E-state index in [1.165, 1.54) is 0 Å². The lowest BCUT2D eigenvalue weighted by Gasteiger charge is -2.07. The Bertz CT molecular complexity index is 874. The Morgan fingerprint density at radius 2 is 1.89 bits per heavy atom. The number of aryl methyl sites for hydroxylation is 1. The third-order valence-electron chi connectivity index (χ3n) is 4.42. The van der Waals surface area contributed by atoms with Crippen LogP contribution in [0.2, 0.25) is 0 Å². The van der Waals surface area contributed by atoms with Crippen LogP contribution in [0.5, 0.6) is 5.75 Å². The number of nitrogens with one attached hydrogen (secondary N) is 1. The average molecular weight is 378 g/mol. The van der Waals surface area contributed by atoms with Crippen molar-refractivity contribution < 1.29 is 14.1 Å². The van der Waals surface area contributed by atoms with E-state index in [0.717, 1.165) is 48.5 Å². The molecule has 0 radical (unpaired) electrons. The molecule has 1 aromatic heterocycles. The topological polar surface area (TPSA) is 64.4 Å². The molecule has 3 rings (SSSR count). The van der Waals surface area contributed by atoms with Gasteiger partial charge in [-0.25, -0.2) is 0 Å². The smallest absolute Gasteiger partial charge is 0.251 e. The van der Waals surface area contributed by atoms with Crippen molar-refractivity contribution in [2.24, 2.45) is 0 Å². The first-order chi connectivity index (χ1) is 13.8. The second-order valence-corrected chi connectivity index (χ2v) is 6.58. The number of carbonyl (C=O) groups is 1. The van der Waals surface area contributed by atoms with Gasteiger partial charge in [0.25, 0.3) is 5.91 Å². The monoisotopic (exact) mass is 378 g/mol. The Morgan fingerprint density at radius 1 is 1.04 bits per heavy atom. The second kappa shape index (κ2) is 10.3. The molecule has 2 aromatic carbocycles. The number of hydrogen-bond donors (Lipinski definition) is 1. The van der Waals surface area contributed by atoms with Gasteiger partial charge in [-0.3, -0.25) is 4.79 Å². The fraction of sp³-hybridized carbons (Fsp3) is 0.304. The first kappa shape index (κ1) is 19.7. The van der Waals surface area contributed by atoms with Crippen molar-refractivity contribution in [1.29, 1.82) is 0 Å². The van der Waals surface area contributed by atoms with Gasteiger partial charge in [0, 0.05) is 23.7 Å². The number of hydrogen-bond acceptors (Lipinski definition) is 4. The van der Waals surface area contributed by atoms with E-state index in [4.69, 9.17) is 9.26 Å². The predicted octanol–water partition coefficient (Wildman–Crippen LogP) is 4.88. The maximum atomic E-state index is 12.2. The van der Waals surface area contributed by atoms with E-state index in [2.05, 4.69) is 10.5 Å². The molecule has 3 aromatic rings. The molecule has 1 N–H and O–H groups in total. The van der Waals surface area contributed by atoms with Crippen LogP contribution in [0.15, 0.2) is 65.2 Å². The fourth-order valence-corrected chi connectivity index (χ4v) is 2.97. The van der Waals surface area contributed by atoms with E-state index >= 15 is 0 Å². The van der Waals surface area contributed by atoms with Gasteiger partial charge in [0.2, 0.25) is 0 Å². The van der Waals surface area contributed by atoms with Crippen LogP contribution < -0.4 is 10.1 Å². The molecule has 0 atom stereocenters. The molecule has 1 amide bonds. The Labute approximate surface area is 165 Å². The summed E-state index contributed by atoms with van der Waals surface area (Å²) < 4.78 is 10.9. The van der Waals surface area contributed by atoms with Crippen LogP contribution in [-0.4, -0.2) is 24.2 Å². The summed E-state index contributed by atoms with van der Waals surface area (Å²) in [6, 6.07) is 19.2.